The number of thiazole rings is 1. The van der Waals surface area contributed by atoms with Gasteiger partial charge in [0.2, 0.25) is 5.91 Å². The van der Waals surface area contributed by atoms with E-state index in [9.17, 15) is 14.9 Å². The largest absolute Gasteiger partial charge is 0.457 e. The van der Waals surface area contributed by atoms with Gasteiger partial charge in [-0.1, -0.05) is 35.1 Å². The van der Waals surface area contributed by atoms with Crippen molar-refractivity contribution in [1.82, 2.24) is 10.3 Å². The Morgan fingerprint density at radius 1 is 1.24 bits per heavy atom. The lowest BCUT2D eigenvalue weighted by Crippen LogP contribution is -2.32. The highest BCUT2D eigenvalue weighted by Crippen LogP contribution is 2.29. The number of non-ortho nitro benzene ring substituents is 1. The van der Waals surface area contributed by atoms with Gasteiger partial charge >= 0.3 is 0 Å². The molecule has 0 saturated carbocycles. The van der Waals surface area contributed by atoms with Crippen molar-refractivity contribution >= 4 is 73.3 Å². The van der Waals surface area contributed by atoms with Crippen LogP contribution in [-0.2, 0) is 4.79 Å². The van der Waals surface area contributed by atoms with Gasteiger partial charge in [-0.2, -0.15) is 0 Å². The van der Waals surface area contributed by atoms with Gasteiger partial charge in [-0.05, 0) is 55.0 Å². The van der Waals surface area contributed by atoms with E-state index in [-0.39, 0.29) is 10.8 Å². The summed E-state index contributed by atoms with van der Waals surface area (Å²) in [5.41, 5.74) is 2.37. The van der Waals surface area contributed by atoms with Crippen LogP contribution in [0.5, 0.6) is 0 Å². The number of fused-ring (bicyclic) bond motifs is 1. The number of furan rings is 1. The fourth-order valence-corrected chi connectivity index (χ4v) is 4.21. The summed E-state index contributed by atoms with van der Waals surface area (Å²) in [5.74, 6) is 0.661. The minimum absolute atomic E-state index is 0.0229. The molecule has 1 amide bonds. The van der Waals surface area contributed by atoms with Crippen LogP contribution in [-0.4, -0.2) is 20.9 Å². The van der Waals surface area contributed by atoms with E-state index in [0.29, 0.717) is 31.9 Å². The predicted molar refractivity (Wildman–Crippen MR) is 134 cm³/mol. The van der Waals surface area contributed by atoms with Crippen LogP contribution in [0.2, 0.25) is 5.02 Å². The Labute approximate surface area is 202 Å². The maximum Gasteiger partial charge on any atom is 0.270 e. The Bertz CT molecular complexity index is 1430. The molecule has 166 valence electrons. The first kappa shape index (κ1) is 22.6. The number of rotatable bonds is 5. The first-order valence-corrected chi connectivity index (χ1v) is 11.1. The van der Waals surface area contributed by atoms with Gasteiger partial charge in [-0.25, -0.2) is 4.98 Å². The standard InChI is InChI=1S/C22H15ClN4O4S2/c1-12-2-3-13(10-16(12)23)18-8-5-15(31-18)6-9-20(28)25-21(32)26-22-24-17-7-4-14(27(29)30)11-19(17)33-22/h2-11H,1H3,(H2,24,25,26,28,32)/b9-6+. The molecule has 2 heterocycles. The lowest BCUT2D eigenvalue weighted by molar-refractivity contribution is -0.384. The van der Waals surface area contributed by atoms with E-state index in [1.165, 1.54) is 35.6 Å². The van der Waals surface area contributed by atoms with Gasteiger partial charge in [0.15, 0.2) is 10.2 Å². The van der Waals surface area contributed by atoms with E-state index in [4.69, 9.17) is 28.2 Å². The highest BCUT2D eigenvalue weighted by atomic mass is 35.5. The molecule has 2 N–H and O–H groups in total. The molecular weight excluding hydrogens is 484 g/mol. The Hall–Kier alpha value is -3.60. The van der Waals surface area contributed by atoms with E-state index < -0.39 is 10.8 Å². The van der Waals surface area contributed by atoms with Crippen molar-refractivity contribution in [3.63, 3.8) is 0 Å². The number of aromatic nitrogens is 1. The summed E-state index contributed by atoms with van der Waals surface area (Å²) in [6, 6.07) is 13.5. The van der Waals surface area contributed by atoms with Crippen molar-refractivity contribution < 1.29 is 14.1 Å². The Morgan fingerprint density at radius 3 is 2.82 bits per heavy atom. The molecule has 0 aliphatic heterocycles. The van der Waals surface area contributed by atoms with Crippen LogP contribution >= 0.6 is 35.2 Å². The number of nitro benzene ring substituents is 1. The first-order chi connectivity index (χ1) is 15.8. The molecule has 0 unspecified atom stereocenters. The van der Waals surface area contributed by atoms with Gasteiger partial charge in [-0.3, -0.25) is 20.2 Å². The molecule has 2 aromatic carbocycles. The van der Waals surface area contributed by atoms with Gasteiger partial charge in [-0.15, -0.1) is 0 Å². The molecule has 0 spiro atoms. The third kappa shape index (κ3) is 5.43. The lowest BCUT2D eigenvalue weighted by Gasteiger charge is -2.04. The first-order valence-electron chi connectivity index (χ1n) is 9.50. The Balaban J connectivity index is 1.36. The van der Waals surface area contributed by atoms with Crippen molar-refractivity contribution in [1.29, 1.82) is 0 Å². The second-order valence-electron chi connectivity index (χ2n) is 6.87. The summed E-state index contributed by atoms with van der Waals surface area (Å²) in [6.07, 6.45) is 2.81. The maximum atomic E-state index is 12.2. The number of nitro groups is 1. The Morgan fingerprint density at radius 2 is 2.06 bits per heavy atom. The van der Waals surface area contributed by atoms with Crippen molar-refractivity contribution in [3.05, 3.63) is 81.1 Å². The summed E-state index contributed by atoms with van der Waals surface area (Å²) >= 11 is 12.5. The number of hydrogen-bond acceptors (Lipinski definition) is 7. The van der Waals surface area contributed by atoms with E-state index in [2.05, 4.69) is 15.6 Å². The zero-order chi connectivity index (χ0) is 23.5. The number of carbonyl (C=O) groups excluding carboxylic acids is 1. The molecule has 0 saturated heterocycles. The molecule has 0 fully saturated rings. The fourth-order valence-electron chi connectivity index (χ4n) is 2.86. The van der Waals surface area contributed by atoms with Crippen LogP contribution in [0, 0.1) is 17.0 Å². The van der Waals surface area contributed by atoms with E-state index in [0.717, 1.165) is 11.1 Å². The molecule has 4 aromatic rings. The number of nitrogens with one attached hydrogen (secondary N) is 2. The summed E-state index contributed by atoms with van der Waals surface area (Å²) < 4.78 is 6.37. The second-order valence-corrected chi connectivity index (χ2v) is 8.72. The van der Waals surface area contributed by atoms with E-state index in [1.54, 1.807) is 18.2 Å². The quantitative estimate of drug-likeness (QED) is 0.151. The fraction of sp³-hybridized carbons (Fsp3) is 0.0455. The molecule has 4 rings (SSSR count). The molecule has 0 atom stereocenters. The normalized spacial score (nSPS) is 11.1. The van der Waals surface area contributed by atoms with Gasteiger partial charge in [0.25, 0.3) is 5.69 Å². The van der Waals surface area contributed by atoms with Crippen LogP contribution < -0.4 is 10.6 Å². The highest BCUT2D eigenvalue weighted by molar-refractivity contribution is 7.80. The van der Waals surface area contributed by atoms with Crippen molar-refractivity contribution in [2.75, 3.05) is 5.32 Å². The molecule has 0 aliphatic carbocycles. The predicted octanol–water partition coefficient (Wildman–Crippen LogP) is 5.95. The van der Waals surface area contributed by atoms with Crippen LogP contribution in [0.1, 0.15) is 11.3 Å². The lowest BCUT2D eigenvalue weighted by atomic mass is 10.1. The minimum atomic E-state index is -0.471. The summed E-state index contributed by atoms with van der Waals surface area (Å²) in [6.45, 7) is 1.92. The smallest absolute Gasteiger partial charge is 0.270 e. The molecule has 0 aliphatic rings. The third-order valence-electron chi connectivity index (χ3n) is 4.52. The molecule has 33 heavy (non-hydrogen) atoms. The molecule has 8 nitrogen and oxygen atoms in total. The summed E-state index contributed by atoms with van der Waals surface area (Å²) in [7, 11) is 0. The van der Waals surface area contributed by atoms with Crippen molar-refractivity contribution in [2.24, 2.45) is 0 Å². The molecule has 0 bridgehead atoms. The summed E-state index contributed by atoms with van der Waals surface area (Å²) in [4.78, 5) is 26.9. The number of carbonyl (C=O) groups is 1. The number of benzene rings is 2. The second kappa shape index (κ2) is 9.49. The summed E-state index contributed by atoms with van der Waals surface area (Å²) in [5, 5.41) is 17.3. The van der Waals surface area contributed by atoms with Gasteiger partial charge < -0.3 is 9.73 Å². The van der Waals surface area contributed by atoms with E-state index in [1.807, 2.05) is 25.1 Å². The van der Waals surface area contributed by atoms with Crippen LogP contribution in [0.3, 0.4) is 0 Å². The number of nitrogens with zero attached hydrogens (tertiary/aromatic N) is 2. The highest BCUT2D eigenvalue weighted by Gasteiger charge is 2.12. The number of thiocarbonyl (C=S) groups is 1. The van der Waals surface area contributed by atoms with Gasteiger partial charge in [0.05, 0.1) is 15.1 Å². The SMILES string of the molecule is Cc1ccc(-c2ccc(/C=C/C(=O)NC(=S)Nc3nc4ccc([N+](=O)[O-])cc4s3)o2)cc1Cl. The number of anilines is 1. The molecule has 2 aromatic heterocycles. The zero-order valence-electron chi connectivity index (χ0n) is 17.0. The number of amides is 1. The third-order valence-corrected chi connectivity index (χ3v) is 6.07. The van der Waals surface area contributed by atoms with Gasteiger partial charge in [0.1, 0.15) is 11.5 Å². The maximum absolute atomic E-state index is 12.2. The van der Waals surface area contributed by atoms with Crippen molar-refractivity contribution in [3.8, 4) is 11.3 Å². The molecule has 11 heteroatoms. The van der Waals surface area contributed by atoms with E-state index >= 15 is 0 Å². The topological polar surface area (TPSA) is 110 Å². The Kier molecular flexibility index (Phi) is 6.50. The average molecular weight is 499 g/mol. The zero-order valence-corrected chi connectivity index (χ0v) is 19.4. The number of hydrogen-bond donors (Lipinski definition) is 2. The molecule has 0 radical (unpaired) electrons. The van der Waals surface area contributed by atoms with Crippen LogP contribution in [0.25, 0.3) is 27.6 Å². The number of halogens is 1. The average Bonchev–Trinajstić information content (AvgIpc) is 3.40. The van der Waals surface area contributed by atoms with Crippen LogP contribution in [0.15, 0.2) is 59.0 Å². The molecular formula is C22H15ClN4O4S2. The minimum Gasteiger partial charge on any atom is -0.457 e. The van der Waals surface area contributed by atoms with Crippen molar-refractivity contribution in [2.45, 2.75) is 6.92 Å². The van der Waals surface area contributed by atoms with Gasteiger partial charge in [0, 0.05) is 28.8 Å². The number of aryl methyl sites for hydroxylation is 1. The monoisotopic (exact) mass is 498 g/mol. The van der Waals surface area contributed by atoms with Crippen LogP contribution in [0.4, 0.5) is 10.8 Å².